The Hall–Kier alpha value is -2.67. The van der Waals surface area contributed by atoms with Crippen molar-refractivity contribution in [2.75, 3.05) is 36.0 Å². The van der Waals surface area contributed by atoms with Gasteiger partial charge in [0, 0.05) is 24.7 Å². The van der Waals surface area contributed by atoms with E-state index >= 15 is 0 Å². The van der Waals surface area contributed by atoms with Gasteiger partial charge in [-0.15, -0.1) is 0 Å². The number of carbonyl (C=O) groups is 1. The zero-order chi connectivity index (χ0) is 24.3. The van der Waals surface area contributed by atoms with Gasteiger partial charge in [0.2, 0.25) is 0 Å². The maximum Gasteiger partial charge on any atom is 0.173 e. The van der Waals surface area contributed by atoms with Gasteiger partial charge >= 0.3 is 0 Å². The normalized spacial score (nSPS) is 20.8. The van der Waals surface area contributed by atoms with E-state index in [2.05, 4.69) is 29.2 Å². The number of piperidine rings is 1. The molecule has 2 aliphatic heterocycles. The first kappa shape index (κ1) is 22.8. The van der Waals surface area contributed by atoms with E-state index < -0.39 is 0 Å². The van der Waals surface area contributed by atoms with Gasteiger partial charge in [0.15, 0.2) is 17.4 Å². The number of Topliss-reactive ketones (excluding diaryl/α,β-unsaturated/α-hetero) is 1. The van der Waals surface area contributed by atoms with Gasteiger partial charge < -0.3 is 15.5 Å². The Labute approximate surface area is 215 Å². The van der Waals surface area contributed by atoms with E-state index in [-0.39, 0.29) is 17.2 Å². The number of aromatic nitrogens is 2. The summed E-state index contributed by atoms with van der Waals surface area (Å²) in [5.41, 5.74) is 11.8. The Balaban J connectivity index is 1.33. The summed E-state index contributed by atoms with van der Waals surface area (Å²) in [5.74, 6) is 1.76. The molecule has 2 aromatic carbocycles. The molecule has 0 amide bonds. The number of fused-ring (bicyclic) bond motifs is 1. The molecule has 180 valence electrons. The highest BCUT2D eigenvalue weighted by Gasteiger charge is 2.46. The van der Waals surface area contributed by atoms with E-state index in [1.54, 1.807) is 6.07 Å². The van der Waals surface area contributed by atoms with Crippen molar-refractivity contribution in [3.63, 3.8) is 0 Å². The summed E-state index contributed by atoms with van der Waals surface area (Å²) in [6.45, 7) is 4.35. The predicted octanol–water partition coefficient (Wildman–Crippen LogP) is 4.99. The molecule has 1 aromatic heterocycles. The number of carbonyl (C=O) groups excluding carboxylic acids is 1. The summed E-state index contributed by atoms with van der Waals surface area (Å²) in [4.78, 5) is 26.2. The lowest BCUT2D eigenvalue weighted by atomic mass is 9.73. The highest BCUT2D eigenvalue weighted by Crippen LogP contribution is 2.51. The lowest BCUT2D eigenvalue weighted by Crippen LogP contribution is -2.49. The standard InChI is InChI=1S/C27H27Cl2N5O/c1-16-23(20-7-4-8-21(28)22(20)29)32-26(34-14-18(35)15-34)25(31-16)33-11-9-27(10-12-33)13-17-5-2-3-6-19(17)24(27)30/h2-8,24H,9-15,30H2,1H3/t24-/m1/s1. The van der Waals surface area contributed by atoms with E-state index in [0.29, 0.717) is 28.8 Å². The molecule has 2 saturated heterocycles. The summed E-state index contributed by atoms with van der Waals surface area (Å²) in [5, 5.41) is 0.935. The summed E-state index contributed by atoms with van der Waals surface area (Å²) in [6, 6.07) is 14.2. The predicted molar refractivity (Wildman–Crippen MR) is 140 cm³/mol. The Morgan fingerprint density at radius 3 is 2.40 bits per heavy atom. The second kappa shape index (κ2) is 8.47. The number of halogens is 2. The van der Waals surface area contributed by atoms with Gasteiger partial charge in [0.25, 0.3) is 0 Å². The van der Waals surface area contributed by atoms with Crippen molar-refractivity contribution < 1.29 is 4.79 Å². The molecule has 1 aliphatic carbocycles. The second-order valence-electron chi connectivity index (χ2n) is 10.0. The smallest absolute Gasteiger partial charge is 0.173 e. The molecular weight excluding hydrogens is 481 g/mol. The monoisotopic (exact) mass is 507 g/mol. The van der Waals surface area contributed by atoms with Crippen molar-refractivity contribution in [2.24, 2.45) is 11.1 Å². The number of aryl methyl sites for hydroxylation is 1. The van der Waals surface area contributed by atoms with E-state index in [4.69, 9.17) is 38.9 Å². The summed E-state index contributed by atoms with van der Waals surface area (Å²) in [7, 11) is 0. The fourth-order valence-electron chi connectivity index (χ4n) is 5.86. The first-order valence-corrected chi connectivity index (χ1v) is 12.8. The van der Waals surface area contributed by atoms with E-state index in [1.165, 1.54) is 11.1 Å². The quantitative estimate of drug-likeness (QED) is 0.538. The molecule has 2 N–H and O–H groups in total. The van der Waals surface area contributed by atoms with Gasteiger partial charge in [0.05, 0.1) is 34.5 Å². The van der Waals surface area contributed by atoms with Gasteiger partial charge in [-0.3, -0.25) is 4.79 Å². The van der Waals surface area contributed by atoms with Gasteiger partial charge in [-0.25, -0.2) is 9.97 Å². The second-order valence-corrected chi connectivity index (χ2v) is 10.8. The molecule has 3 aromatic rings. The molecule has 0 unspecified atom stereocenters. The molecule has 0 bridgehead atoms. The molecule has 2 fully saturated rings. The molecule has 1 atom stereocenters. The van der Waals surface area contributed by atoms with Gasteiger partial charge in [-0.2, -0.15) is 0 Å². The van der Waals surface area contributed by atoms with Crippen LogP contribution in [-0.4, -0.2) is 41.9 Å². The minimum atomic E-state index is 0.0634. The Morgan fingerprint density at radius 1 is 0.971 bits per heavy atom. The van der Waals surface area contributed by atoms with Crippen LogP contribution in [0.1, 0.15) is 35.7 Å². The van der Waals surface area contributed by atoms with Crippen molar-refractivity contribution in [3.8, 4) is 11.3 Å². The minimum Gasteiger partial charge on any atom is -0.353 e. The van der Waals surface area contributed by atoms with E-state index in [0.717, 1.165) is 55.2 Å². The number of hydrogen-bond acceptors (Lipinski definition) is 6. The highest BCUT2D eigenvalue weighted by molar-refractivity contribution is 6.43. The fourth-order valence-corrected chi connectivity index (χ4v) is 6.25. The molecule has 0 radical (unpaired) electrons. The average molecular weight is 508 g/mol. The molecular formula is C27H27Cl2N5O. The first-order valence-electron chi connectivity index (χ1n) is 12.0. The molecule has 35 heavy (non-hydrogen) atoms. The maximum atomic E-state index is 11.8. The molecule has 0 saturated carbocycles. The van der Waals surface area contributed by atoms with Crippen LogP contribution in [0.4, 0.5) is 11.6 Å². The van der Waals surface area contributed by atoms with Gasteiger partial charge in [-0.1, -0.05) is 59.6 Å². The Bertz CT molecular complexity index is 1330. The first-order chi connectivity index (χ1) is 16.9. The van der Waals surface area contributed by atoms with Crippen LogP contribution in [0.5, 0.6) is 0 Å². The molecule has 6 rings (SSSR count). The van der Waals surface area contributed by atoms with Crippen LogP contribution >= 0.6 is 23.2 Å². The third-order valence-corrected chi connectivity index (χ3v) is 8.74. The third kappa shape index (κ3) is 3.70. The maximum absolute atomic E-state index is 11.8. The summed E-state index contributed by atoms with van der Waals surface area (Å²) >= 11 is 12.8. The molecule has 6 nitrogen and oxygen atoms in total. The minimum absolute atomic E-state index is 0.0634. The fraction of sp³-hybridized carbons (Fsp3) is 0.370. The number of nitrogens with two attached hydrogens (primary N) is 1. The van der Waals surface area contributed by atoms with Crippen LogP contribution < -0.4 is 15.5 Å². The highest BCUT2D eigenvalue weighted by atomic mass is 35.5. The van der Waals surface area contributed by atoms with Crippen molar-refractivity contribution in [3.05, 3.63) is 69.3 Å². The van der Waals surface area contributed by atoms with Crippen molar-refractivity contribution in [2.45, 2.75) is 32.2 Å². The zero-order valence-corrected chi connectivity index (χ0v) is 21.1. The van der Waals surface area contributed by atoms with Crippen LogP contribution in [0.3, 0.4) is 0 Å². The lowest BCUT2D eigenvalue weighted by Gasteiger charge is -2.44. The summed E-state index contributed by atoms with van der Waals surface area (Å²) < 4.78 is 0. The number of nitrogens with zero attached hydrogens (tertiary/aromatic N) is 4. The van der Waals surface area contributed by atoms with Crippen molar-refractivity contribution >= 4 is 40.6 Å². The Morgan fingerprint density at radius 2 is 1.69 bits per heavy atom. The third-order valence-electron chi connectivity index (χ3n) is 7.93. The topological polar surface area (TPSA) is 75.4 Å². The molecule has 8 heteroatoms. The van der Waals surface area contributed by atoms with Gasteiger partial charge in [-0.05, 0) is 48.8 Å². The Kier molecular flexibility index (Phi) is 5.51. The largest absolute Gasteiger partial charge is 0.353 e. The lowest BCUT2D eigenvalue weighted by molar-refractivity contribution is -0.119. The molecule has 1 spiro atoms. The number of hydrogen-bond donors (Lipinski definition) is 1. The van der Waals surface area contributed by atoms with Crippen LogP contribution in [0.2, 0.25) is 10.0 Å². The van der Waals surface area contributed by atoms with Crippen molar-refractivity contribution in [1.82, 2.24) is 9.97 Å². The number of ketones is 1. The van der Waals surface area contributed by atoms with E-state index in [1.807, 2.05) is 24.0 Å². The van der Waals surface area contributed by atoms with Crippen molar-refractivity contribution in [1.29, 1.82) is 0 Å². The van der Waals surface area contributed by atoms with E-state index in [9.17, 15) is 4.79 Å². The molecule has 3 heterocycles. The zero-order valence-electron chi connectivity index (χ0n) is 19.6. The van der Waals surface area contributed by atoms with Crippen LogP contribution in [-0.2, 0) is 11.2 Å². The van der Waals surface area contributed by atoms with Crippen LogP contribution in [0.25, 0.3) is 11.3 Å². The van der Waals surface area contributed by atoms with Crippen LogP contribution in [0, 0.1) is 12.3 Å². The molecule has 3 aliphatic rings. The number of benzene rings is 2. The average Bonchev–Trinajstić information content (AvgIpc) is 3.11. The number of rotatable bonds is 3. The summed E-state index contributed by atoms with van der Waals surface area (Å²) in [6.07, 6.45) is 3.01. The van der Waals surface area contributed by atoms with Crippen LogP contribution in [0.15, 0.2) is 42.5 Å². The SMILES string of the molecule is Cc1nc(N2CCC3(CC2)Cc2ccccc2[C@H]3N)c(N2CC(=O)C2)nc1-c1cccc(Cl)c1Cl. The number of anilines is 2. The van der Waals surface area contributed by atoms with Gasteiger partial charge in [0.1, 0.15) is 0 Å².